The van der Waals surface area contributed by atoms with E-state index in [4.69, 9.17) is 5.73 Å². The molecule has 0 unspecified atom stereocenters. The van der Waals surface area contributed by atoms with E-state index in [2.05, 4.69) is 0 Å². The van der Waals surface area contributed by atoms with E-state index in [0.29, 0.717) is 13.0 Å². The molecule has 0 aliphatic rings. The maximum atomic E-state index is 12.4. The molecule has 5 nitrogen and oxygen atoms in total. The molecule has 0 saturated heterocycles. The van der Waals surface area contributed by atoms with Gasteiger partial charge in [-0.2, -0.15) is 4.31 Å². The number of unbranched alkanes of at least 4 members (excludes halogenated alkanes) is 1. The minimum atomic E-state index is -3.61. The van der Waals surface area contributed by atoms with E-state index >= 15 is 0 Å². The van der Waals surface area contributed by atoms with E-state index in [-0.39, 0.29) is 10.8 Å². The van der Waals surface area contributed by atoms with Crippen molar-refractivity contribution in [3.8, 4) is 0 Å². The molecule has 1 aromatic rings. The average molecular weight is 304 g/mol. The fraction of sp³-hybridized carbons (Fsp3) is 0.583. The fourth-order valence-electron chi connectivity index (χ4n) is 1.61. The zero-order valence-corrected chi connectivity index (χ0v) is 12.9. The molecule has 0 aromatic carbocycles. The number of rotatable bonds is 8. The number of hydrogen-bond acceptors (Lipinski definition) is 4. The van der Waals surface area contributed by atoms with Crippen LogP contribution in [-0.2, 0) is 21.2 Å². The maximum absolute atomic E-state index is 12.4. The third-order valence-corrected chi connectivity index (χ3v) is 6.22. The molecule has 0 fully saturated rings. The minimum absolute atomic E-state index is 0.262. The lowest BCUT2D eigenvalue weighted by molar-refractivity contribution is -0.118. The lowest BCUT2D eigenvalue weighted by atomic mass is 10.3. The van der Waals surface area contributed by atoms with Crippen LogP contribution in [0.4, 0.5) is 0 Å². The monoisotopic (exact) mass is 304 g/mol. The minimum Gasteiger partial charge on any atom is -0.369 e. The highest BCUT2D eigenvalue weighted by molar-refractivity contribution is 7.91. The van der Waals surface area contributed by atoms with Crippen LogP contribution in [0.2, 0.25) is 0 Å². The number of aryl methyl sites for hydroxylation is 1. The summed E-state index contributed by atoms with van der Waals surface area (Å²) in [4.78, 5) is 12.0. The number of sulfonamides is 1. The molecule has 1 heterocycles. The van der Waals surface area contributed by atoms with Gasteiger partial charge in [-0.25, -0.2) is 8.42 Å². The Morgan fingerprint density at radius 1 is 1.37 bits per heavy atom. The van der Waals surface area contributed by atoms with E-state index in [1.54, 1.807) is 12.1 Å². The van der Waals surface area contributed by atoms with Crippen molar-refractivity contribution in [3.05, 3.63) is 17.0 Å². The molecule has 108 valence electrons. The largest absolute Gasteiger partial charge is 0.369 e. The Kier molecular flexibility index (Phi) is 5.96. The summed E-state index contributed by atoms with van der Waals surface area (Å²) in [7, 11) is -3.61. The van der Waals surface area contributed by atoms with Gasteiger partial charge in [0.1, 0.15) is 4.21 Å². The Morgan fingerprint density at radius 3 is 2.53 bits per heavy atom. The molecule has 0 bridgehead atoms. The average Bonchev–Trinajstić information content (AvgIpc) is 2.83. The second-order valence-corrected chi connectivity index (χ2v) is 7.57. The first-order valence-corrected chi connectivity index (χ1v) is 8.54. The van der Waals surface area contributed by atoms with E-state index in [1.165, 1.54) is 15.6 Å². The zero-order valence-electron chi connectivity index (χ0n) is 11.3. The summed E-state index contributed by atoms with van der Waals surface area (Å²) in [5, 5.41) is 0. The summed E-state index contributed by atoms with van der Waals surface area (Å²) < 4.78 is 26.3. The fourth-order valence-corrected chi connectivity index (χ4v) is 4.50. The number of hydrogen-bond donors (Lipinski definition) is 1. The van der Waals surface area contributed by atoms with Crippen LogP contribution in [-0.4, -0.2) is 31.7 Å². The molecule has 2 N–H and O–H groups in total. The molecule has 19 heavy (non-hydrogen) atoms. The van der Waals surface area contributed by atoms with Crippen LogP contribution < -0.4 is 5.73 Å². The van der Waals surface area contributed by atoms with Crippen LogP contribution in [0.15, 0.2) is 16.3 Å². The Hall–Kier alpha value is -0.920. The second-order valence-electron chi connectivity index (χ2n) is 4.23. The highest BCUT2D eigenvalue weighted by Gasteiger charge is 2.26. The number of nitrogens with zero attached hydrogens (tertiary/aromatic N) is 1. The smallest absolute Gasteiger partial charge is 0.253 e. The number of primary amides is 1. The second kappa shape index (κ2) is 7.02. The molecular weight excluding hydrogens is 284 g/mol. The lowest BCUT2D eigenvalue weighted by Crippen LogP contribution is -2.38. The molecule has 1 rings (SSSR count). The van der Waals surface area contributed by atoms with Gasteiger partial charge in [-0.05, 0) is 25.0 Å². The van der Waals surface area contributed by atoms with Gasteiger partial charge in [0, 0.05) is 11.4 Å². The van der Waals surface area contributed by atoms with Crippen molar-refractivity contribution >= 4 is 27.3 Å². The number of thiophene rings is 1. The Labute approximate surface area is 118 Å². The summed E-state index contributed by atoms with van der Waals surface area (Å²) in [6.07, 6.45) is 2.36. The van der Waals surface area contributed by atoms with Crippen molar-refractivity contribution in [1.29, 1.82) is 0 Å². The first-order chi connectivity index (χ1) is 8.91. The van der Waals surface area contributed by atoms with Crippen molar-refractivity contribution in [3.63, 3.8) is 0 Å². The van der Waals surface area contributed by atoms with Gasteiger partial charge in [0.2, 0.25) is 5.91 Å². The lowest BCUT2D eigenvalue weighted by Gasteiger charge is -2.19. The van der Waals surface area contributed by atoms with E-state index in [1.807, 2.05) is 13.8 Å². The Morgan fingerprint density at radius 2 is 2.05 bits per heavy atom. The van der Waals surface area contributed by atoms with Crippen LogP contribution in [0.3, 0.4) is 0 Å². The predicted molar refractivity (Wildman–Crippen MR) is 76.6 cm³/mol. The van der Waals surface area contributed by atoms with E-state index < -0.39 is 15.9 Å². The topological polar surface area (TPSA) is 80.5 Å². The van der Waals surface area contributed by atoms with Crippen molar-refractivity contribution < 1.29 is 13.2 Å². The normalized spacial score (nSPS) is 11.9. The van der Waals surface area contributed by atoms with Gasteiger partial charge in [0.25, 0.3) is 10.0 Å². The molecule has 1 amide bonds. The number of carbonyl (C=O) groups is 1. The summed E-state index contributed by atoms with van der Waals surface area (Å²) in [6, 6.07) is 3.40. The predicted octanol–water partition coefficient (Wildman–Crippen LogP) is 1.59. The summed E-state index contributed by atoms with van der Waals surface area (Å²) >= 11 is 1.25. The van der Waals surface area contributed by atoms with E-state index in [9.17, 15) is 13.2 Å². The van der Waals surface area contributed by atoms with Crippen LogP contribution in [0, 0.1) is 0 Å². The van der Waals surface area contributed by atoms with Crippen LogP contribution >= 0.6 is 11.3 Å². The molecule has 1 aromatic heterocycles. The Balaban J connectivity index is 3.00. The van der Waals surface area contributed by atoms with Crippen molar-refractivity contribution in [2.75, 3.05) is 13.1 Å². The van der Waals surface area contributed by atoms with E-state index in [0.717, 1.165) is 17.7 Å². The molecule has 0 saturated carbocycles. The van der Waals surface area contributed by atoms with Gasteiger partial charge in [0.15, 0.2) is 0 Å². The molecular formula is C12H20N2O3S2. The van der Waals surface area contributed by atoms with Crippen molar-refractivity contribution in [2.24, 2.45) is 5.73 Å². The SMILES string of the molecule is CCCCN(CC(N)=O)S(=O)(=O)c1ccc(CC)s1. The highest BCUT2D eigenvalue weighted by Crippen LogP contribution is 2.25. The zero-order chi connectivity index (χ0) is 14.5. The summed E-state index contributed by atoms with van der Waals surface area (Å²) in [6.45, 7) is 4.00. The van der Waals surface area contributed by atoms with Gasteiger partial charge < -0.3 is 5.73 Å². The van der Waals surface area contributed by atoms with Gasteiger partial charge in [-0.1, -0.05) is 20.3 Å². The third kappa shape index (κ3) is 4.29. The molecule has 0 radical (unpaired) electrons. The molecule has 7 heteroatoms. The number of amides is 1. The maximum Gasteiger partial charge on any atom is 0.253 e. The standard InChI is InChI=1S/C12H20N2O3S2/c1-3-5-8-14(9-11(13)15)19(16,17)12-7-6-10(4-2)18-12/h6-7H,3-5,8-9H2,1-2H3,(H2,13,15). The molecule has 0 atom stereocenters. The van der Waals surface area contributed by atoms with Gasteiger partial charge >= 0.3 is 0 Å². The third-order valence-electron chi connectivity index (χ3n) is 2.67. The first kappa shape index (κ1) is 16.1. The Bertz CT molecular complexity index is 523. The van der Waals surface area contributed by atoms with Gasteiger partial charge in [-0.15, -0.1) is 11.3 Å². The van der Waals surface area contributed by atoms with Gasteiger partial charge in [-0.3, -0.25) is 4.79 Å². The van der Waals surface area contributed by atoms with Crippen LogP contribution in [0.25, 0.3) is 0 Å². The highest BCUT2D eigenvalue weighted by atomic mass is 32.2. The van der Waals surface area contributed by atoms with Gasteiger partial charge in [0.05, 0.1) is 6.54 Å². The quantitative estimate of drug-likeness (QED) is 0.792. The van der Waals surface area contributed by atoms with Crippen LogP contribution in [0.1, 0.15) is 31.6 Å². The first-order valence-electron chi connectivity index (χ1n) is 6.29. The molecule has 0 aliphatic carbocycles. The van der Waals surface area contributed by atoms with Crippen molar-refractivity contribution in [2.45, 2.75) is 37.3 Å². The summed E-state index contributed by atoms with van der Waals surface area (Å²) in [5.41, 5.74) is 5.13. The van der Waals surface area contributed by atoms with Crippen molar-refractivity contribution in [1.82, 2.24) is 4.31 Å². The number of nitrogens with two attached hydrogens (primary N) is 1. The molecule has 0 aliphatic heterocycles. The number of carbonyl (C=O) groups excluding carboxylic acids is 1. The summed E-state index contributed by atoms with van der Waals surface area (Å²) in [5.74, 6) is -0.632. The molecule has 0 spiro atoms. The van der Waals surface area contributed by atoms with Crippen LogP contribution in [0.5, 0.6) is 0 Å².